The number of aromatic amines is 2. The Bertz CT molecular complexity index is 1910. The largest absolute Gasteiger partial charge is 0.337 e. The molecule has 0 unspecified atom stereocenters. The number of nitrogens with zero attached hydrogens (tertiary/aromatic N) is 5. The fourth-order valence-corrected chi connectivity index (χ4v) is 5.33. The number of H-pyrrole nitrogens is 2. The maximum absolute atomic E-state index is 16.1. The summed E-state index contributed by atoms with van der Waals surface area (Å²) in [5.74, 6) is -0.324. The Kier molecular flexibility index (Phi) is 6.60. The number of hydrogen-bond acceptors (Lipinski definition) is 8. The number of amides is 1. The Morgan fingerprint density at radius 1 is 1.12 bits per heavy atom. The number of unbranched alkanes of at least 4 members (excludes halogenated alkanes) is 1. The van der Waals surface area contributed by atoms with Crippen LogP contribution < -0.4 is 5.32 Å². The van der Waals surface area contributed by atoms with Crippen LogP contribution in [0.4, 0.5) is 10.1 Å². The lowest BCUT2D eigenvalue weighted by molar-refractivity contribution is -0.116. The highest BCUT2D eigenvalue weighted by Gasteiger charge is 2.22. The predicted molar refractivity (Wildman–Crippen MR) is 151 cm³/mol. The summed E-state index contributed by atoms with van der Waals surface area (Å²) in [5, 5.41) is 10.0. The van der Waals surface area contributed by atoms with Crippen molar-refractivity contribution in [1.29, 1.82) is 0 Å². The molecule has 12 heteroatoms. The molecule has 0 fully saturated rings. The number of ketones is 1. The lowest BCUT2D eigenvalue weighted by atomic mass is 10.1. The number of halogens is 1. The van der Waals surface area contributed by atoms with Crippen molar-refractivity contribution in [3.8, 4) is 33.2 Å². The van der Waals surface area contributed by atoms with Crippen molar-refractivity contribution in [2.24, 2.45) is 0 Å². The molecule has 6 heterocycles. The summed E-state index contributed by atoms with van der Waals surface area (Å²) in [5.41, 5.74) is 3.56. The van der Waals surface area contributed by atoms with E-state index in [0.717, 1.165) is 17.7 Å². The molecule has 0 aliphatic rings. The number of fused-ring (bicyclic) bond motifs is 2. The zero-order chi connectivity index (χ0) is 27.8. The van der Waals surface area contributed by atoms with E-state index in [1.54, 1.807) is 24.4 Å². The SMILES string of the molecule is CCCCC(=O)Nc1cncc(-c2cnc3n[nH]c(-c4nc5c(-c6ccc(C(C)=O)s6)nccc5[nH]4)c3c2F)c1. The van der Waals surface area contributed by atoms with Gasteiger partial charge in [-0.2, -0.15) is 5.10 Å². The number of hydrogen-bond donors (Lipinski definition) is 3. The second kappa shape index (κ2) is 10.4. The first kappa shape index (κ1) is 25.4. The minimum atomic E-state index is -0.548. The Morgan fingerprint density at radius 2 is 2.00 bits per heavy atom. The van der Waals surface area contributed by atoms with Crippen molar-refractivity contribution in [3.63, 3.8) is 0 Å². The van der Waals surface area contributed by atoms with Crippen LogP contribution in [-0.2, 0) is 4.79 Å². The number of anilines is 1. The van der Waals surface area contributed by atoms with E-state index in [1.165, 1.54) is 36.9 Å². The van der Waals surface area contributed by atoms with E-state index < -0.39 is 5.82 Å². The van der Waals surface area contributed by atoms with Crippen LogP contribution in [0.3, 0.4) is 0 Å². The fourth-order valence-electron chi connectivity index (χ4n) is 4.43. The Morgan fingerprint density at radius 3 is 2.80 bits per heavy atom. The topological polar surface area (TPSA) is 142 Å². The van der Waals surface area contributed by atoms with Gasteiger partial charge in [0.1, 0.15) is 22.7 Å². The van der Waals surface area contributed by atoms with Gasteiger partial charge in [-0.05, 0) is 37.6 Å². The number of thiophene rings is 1. The van der Waals surface area contributed by atoms with Crippen LogP contribution in [0.5, 0.6) is 0 Å². The van der Waals surface area contributed by atoms with E-state index in [2.05, 4.69) is 35.5 Å². The first-order valence-electron chi connectivity index (χ1n) is 12.7. The predicted octanol–water partition coefficient (Wildman–Crippen LogP) is 6.16. The number of nitrogens with one attached hydrogen (secondary N) is 3. The van der Waals surface area contributed by atoms with Gasteiger partial charge in [0.05, 0.1) is 32.5 Å². The van der Waals surface area contributed by atoms with Gasteiger partial charge in [0.2, 0.25) is 5.91 Å². The third-order valence-corrected chi connectivity index (χ3v) is 7.63. The molecule has 3 N–H and O–H groups in total. The summed E-state index contributed by atoms with van der Waals surface area (Å²) < 4.78 is 16.1. The van der Waals surface area contributed by atoms with E-state index in [9.17, 15) is 9.59 Å². The average molecular weight is 555 g/mol. The number of rotatable bonds is 8. The molecule has 0 spiro atoms. The van der Waals surface area contributed by atoms with Gasteiger partial charge in [0.15, 0.2) is 17.3 Å². The maximum atomic E-state index is 16.1. The molecule has 0 saturated heterocycles. The third kappa shape index (κ3) is 4.62. The van der Waals surface area contributed by atoms with Crippen LogP contribution >= 0.6 is 11.3 Å². The normalized spacial score (nSPS) is 11.4. The molecule has 0 saturated carbocycles. The van der Waals surface area contributed by atoms with Crippen molar-refractivity contribution < 1.29 is 14.0 Å². The molecule has 0 radical (unpaired) electrons. The number of carbonyl (C=O) groups is 2. The van der Waals surface area contributed by atoms with Crippen LogP contribution in [0.1, 0.15) is 42.8 Å². The summed E-state index contributed by atoms with van der Waals surface area (Å²) >= 11 is 1.34. The summed E-state index contributed by atoms with van der Waals surface area (Å²) in [6.07, 6.45) is 8.18. The minimum Gasteiger partial charge on any atom is -0.337 e. The Labute approximate surface area is 231 Å². The van der Waals surface area contributed by atoms with Crippen molar-refractivity contribution in [3.05, 3.63) is 59.7 Å². The number of pyridine rings is 3. The molecule has 0 aromatic carbocycles. The first-order valence-corrected chi connectivity index (χ1v) is 13.5. The monoisotopic (exact) mass is 554 g/mol. The highest BCUT2D eigenvalue weighted by Crippen LogP contribution is 2.35. The Balaban J connectivity index is 1.40. The first-order chi connectivity index (χ1) is 19.4. The molecule has 0 aliphatic carbocycles. The lowest BCUT2D eigenvalue weighted by Gasteiger charge is -2.08. The summed E-state index contributed by atoms with van der Waals surface area (Å²) in [4.78, 5) is 46.4. The van der Waals surface area contributed by atoms with Crippen molar-refractivity contribution in [2.45, 2.75) is 33.1 Å². The molecule has 0 bridgehead atoms. The van der Waals surface area contributed by atoms with Gasteiger partial charge in [-0.25, -0.2) is 14.4 Å². The number of aromatic nitrogens is 7. The van der Waals surface area contributed by atoms with Crippen LogP contribution in [0.2, 0.25) is 0 Å². The molecule has 6 rings (SSSR count). The van der Waals surface area contributed by atoms with Crippen LogP contribution in [0.15, 0.2) is 49.1 Å². The highest BCUT2D eigenvalue weighted by atomic mass is 32.1. The molecule has 6 aromatic rings. The van der Waals surface area contributed by atoms with Crippen LogP contribution in [0.25, 0.3) is 55.3 Å². The minimum absolute atomic E-state index is 0.0199. The van der Waals surface area contributed by atoms with Crippen molar-refractivity contribution in [2.75, 3.05) is 5.32 Å². The zero-order valence-corrected chi connectivity index (χ0v) is 22.4. The van der Waals surface area contributed by atoms with Crippen LogP contribution in [0, 0.1) is 5.82 Å². The molecule has 40 heavy (non-hydrogen) atoms. The van der Waals surface area contributed by atoms with E-state index in [4.69, 9.17) is 4.98 Å². The molecule has 1 amide bonds. The highest BCUT2D eigenvalue weighted by molar-refractivity contribution is 7.17. The second-order valence-electron chi connectivity index (χ2n) is 9.26. The molecule has 0 atom stereocenters. The van der Waals surface area contributed by atoms with Crippen LogP contribution in [-0.4, -0.2) is 46.8 Å². The summed E-state index contributed by atoms with van der Waals surface area (Å²) in [6.45, 7) is 3.54. The standard InChI is InChI=1S/C28H23FN8O2S/c1-3-4-5-21(39)33-16-10-15(11-30-12-16)17-13-32-27-22(23(17)29)26(36-37-27)28-34-18-8-9-31-25(24(18)35-28)20-7-6-19(40-20)14(2)38/h6-13H,3-5H2,1-2H3,(H,33,39)(H,34,35)(H,32,36,37). The van der Waals surface area contributed by atoms with E-state index in [0.29, 0.717) is 50.8 Å². The fraction of sp³-hybridized carbons (Fsp3) is 0.179. The van der Waals surface area contributed by atoms with E-state index in [-0.39, 0.29) is 28.3 Å². The van der Waals surface area contributed by atoms with Gasteiger partial charge in [-0.3, -0.25) is 24.7 Å². The molecule has 0 aliphatic heterocycles. The van der Waals surface area contributed by atoms with Gasteiger partial charge in [0.25, 0.3) is 0 Å². The van der Waals surface area contributed by atoms with Gasteiger partial charge in [-0.1, -0.05) is 13.3 Å². The third-order valence-electron chi connectivity index (χ3n) is 6.43. The maximum Gasteiger partial charge on any atom is 0.224 e. The molecule has 10 nitrogen and oxygen atoms in total. The zero-order valence-electron chi connectivity index (χ0n) is 21.6. The number of Topliss-reactive ketones (excluding diaryl/α,β-unsaturated/α-hetero) is 1. The smallest absolute Gasteiger partial charge is 0.224 e. The Hall–Kier alpha value is -4.84. The molecule has 200 valence electrons. The molecular weight excluding hydrogens is 531 g/mol. The van der Waals surface area contributed by atoms with Crippen molar-refractivity contribution >= 4 is 50.8 Å². The lowest BCUT2D eigenvalue weighted by Crippen LogP contribution is -2.11. The molecular formula is C28H23FN8O2S. The summed E-state index contributed by atoms with van der Waals surface area (Å²) in [7, 11) is 0. The average Bonchev–Trinajstić information content (AvgIpc) is 3.70. The van der Waals surface area contributed by atoms with Gasteiger partial charge < -0.3 is 10.3 Å². The van der Waals surface area contributed by atoms with Crippen molar-refractivity contribution in [1.82, 2.24) is 35.1 Å². The summed E-state index contributed by atoms with van der Waals surface area (Å²) in [6, 6.07) is 7.05. The quantitative estimate of drug-likeness (QED) is 0.191. The molecule has 6 aromatic heterocycles. The van der Waals surface area contributed by atoms with Gasteiger partial charge in [0, 0.05) is 36.1 Å². The van der Waals surface area contributed by atoms with Gasteiger partial charge in [-0.15, -0.1) is 11.3 Å². The van der Waals surface area contributed by atoms with Gasteiger partial charge >= 0.3 is 0 Å². The van der Waals surface area contributed by atoms with E-state index >= 15 is 4.39 Å². The second-order valence-corrected chi connectivity index (χ2v) is 10.3. The number of imidazole rings is 1. The number of carbonyl (C=O) groups excluding carboxylic acids is 2. The van der Waals surface area contributed by atoms with E-state index in [1.807, 2.05) is 13.0 Å².